The third-order valence-electron chi connectivity index (χ3n) is 5.21. The highest BCUT2D eigenvalue weighted by atomic mass is 19.1. The van der Waals surface area contributed by atoms with Crippen LogP contribution < -0.4 is 5.73 Å². The first-order chi connectivity index (χ1) is 13.0. The van der Waals surface area contributed by atoms with Gasteiger partial charge in [0.15, 0.2) is 11.4 Å². The molecule has 6 nitrogen and oxygen atoms in total. The second kappa shape index (κ2) is 5.79. The molecule has 0 bridgehead atoms. The number of nitrogens with two attached hydrogens (primary N) is 1. The number of halogens is 1. The summed E-state index contributed by atoms with van der Waals surface area (Å²) in [7, 11) is 0. The maximum absolute atomic E-state index is 13.1. The summed E-state index contributed by atoms with van der Waals surface area (Å²) in [6.45, 7) is 3.97. The number of hydrogen-bond donors (Lipinski definition) is 1. The van der Waals surface area contributed by atoms with E-state index in [2.05, 4.69) is 32.3 Å². The fourth-order valence-electron chi connectivity index (χ4n) is 3.81. The number of nitrogens with zero attached hydrogens (tertiary/aromatic N) is 4. The summed E-state index contributed by atoms with van der Waals surface area (Å²) in [5.74, 6) is 0.546. The molecule has 7 heteroatoms. The maximum atomic E-state index is 13.1. The summed E-state index contributed by atoms with van der Waals surface area (Å²) >= 11 is 0. The zero-order valence-electron chi connectivity index (χ0n) is 15.0. The summed E-state index contributed by atoms with van der Waals surface area (Å²) in [5.41, 5.74) is 11.5. The first kappa shape index (κ1) is 16.3. The number of aromatic nitrogens is 4. The molecule has 3 aromatic heterocycles. The van der Waals surface area contributed by atoms with Crippen molar-refractivity contribution in [1.82, 2.24) is 20.2 Å². The summed E-state index contributed by atoms with van der Waals surface area (Å²) in [4.78, 5) is 8.24. The largest absolute Gasteiger partial charge is 0.454 e. The van der Waals surface area contributed by atoms with E-state index in [9.17, 15) is 4.39 Å². The number of furan rings is 1. The van der Waals surface area contributed by atoms with E-state index in [0.29, 0.717) is 5.82 Å². The molecule has 1 aliphatic rings. The quantitative estimate of drug-likeness (QED) is 0.593. The molecule has 1 aromatic carbocycles. The predicted molar refractivity (Wildman–Crippen MR) is 98.7 cm³/mol. The van der Waals surface area contributed by atoms with Crippen LogP contribution in [0.15, 0.2) is 35.1 Å². The second-order valence-corrected chi connectivity index (χ2v) is 7.31. The standard InChI is InChI=1S/C20H18FN5O/c1-9-3-12(10(2)22)18-15(4-9)17-19(27-18)16(8-25-26-17)13-5-14(13)20-23-6-11(21)7-24-20/h3-4,6-8,10,13-14H,5,22H2,1-2H3/t10-,13+,14+/m1/s1. The molecule has 0 amide bonds. The van der Waals surface area contributed by atoms with Gasteiger partial charge in [0.25, 0.3) is 0 Å². The van der Waals surface area contributed by atoms with E-state index in [1.165, 1.54) is 12.4 Å². The van der Waals surface area contributed by atoms with Gasteiger partial charge in [0, 0.05) is 28.5 Å². The first-order valence-corrected chi connectivity index (χ1v) is 8.94. The first-order valence-electron chi connectivity index (χ1n) is 8.94. The Morgan fingerprint density at radius 2 is 1.93 bits per heavy atom. The van der Waals surface area contributed by atoms with Crippen molar-refractivity contribution in [1.29, 1.82) is 0 Å². The minimum absolute atomic E-state index is 0.140. The van der Waals surface area contributed by atoms with Gasteiger partial charge in [-0.2, -0.15) is 5.10 Å². The van der Waals surface area contributed by atoms with E-state index in [4.69, 9.17) is 10.2 Å². The molecule has 0 radical (unpaired) electrons. The lowest BCUT2D eigenvalue weighted by atomic mass is 10.0. The zero-order valence-corrected chi connectivity index (χ0v) is 15.0. The Balaban J connectivity index is 1.64. The molecular formula is C20H18FN5O. The van der Waals surface area contributed by atoms with E-state index < -0.39 is 5.82 Å². The van der Waals surface area contributed by atoms with Gasteiger partial charge in [-0.15, -0.1) is 5.10 Å². The van der Waals surface area contributed by atoms with Gasteiger partial charge in [0.1, 0.15) is 16.9 Å². The lowest BCUT2D eigenvalue weighted by Crippen LogP contribution is -2.05. The van der Waals surface area contributed by atoms with Gasteiger partial charge >= 0.3 is 0 Å². The lowest BCUT2D eigenvalue weighted by Gasteiger charge is -2.07. The van der Waals surface area contributed by atoms with E-state index in [0.717, 1.165) is 45.2 Å². The molecule has 0 spiro atoms. The SMILES string of the molecule is Cc1cc([C@@H](C)N)c2oc3c([C@H]4C[C@@H]4c4ncc(F)cn4)cnnc3c2c1. The summed E-state index contributed by atoms with van der Waals surface area (Å²) in [6, 6.07) is 3.96. The maximum Gasteiger partial charge on any atom is 0.160 e. The Morgan fingerprint density at radius 3 is 2.67 bits per heavy atom. The molecule has 0 aliphatic heterocycles. The average Bonchev–Trinajstić information content (AvgIpc) is 3.35. The van der Waals surface area contributed by atoms with E-state index in [1.54, 1.807) is 6.20 Å². The van der Waals surface area contributed by atoms with Crippen molar-refractivity contribution in [3.63, 3.8) is 0 Å². The molecule has 2 N–H and O–H groups in total. The third-order valence-corrected chi connectivity index (χ3v) is 5.21. The Morgan fingerprint density at radius 1 is 1.15 bits per heavy atom. The molecule has 4 aromatic rings. The minimum Gasteiger partial charge on any atom is -0.454 e. The average molecular weight is 363 g/mol. The Hall–Kier alpha value is -2.93. The van der Waals surface area contributed by atoms with Crippen molar-refractivity contribution in [2.75, 3.05) is 0 Å². The van der Waals surface area contributed by atoms with E-state index in [1.807, 2.05) is 13.8 Å². The van der Waals surface area contributed by atoms with Crippen LogP contribution in [0.2, 0.25) is 0 Å². The van der Waals surface area contributed by atoms with E-state index in [-0.39, 0.29) is 17.9 Å². The third kappa shape index (κ3) is 2.57. The van der Waals surface area contributed by atoms with Crippen LogP contribution >= 0.6 is 0 Å². The fraction of sp³-hybridized carbons (Fsp3) is 0.300. The molecule has 1 fully saturated rings. The number of rotatable bonds is 3. The molecule has 3 atom stereocenters. The molecule has 136 valence electrons. The molecule has 0 saturated heterocycles. The molecule has 0 unspecified atom stereocenters. The Labute approximate surface area is 154 Å². The highest BCUT2D eigenvalue weighted by molar-refractivity contribution is 6.04. The molecular weight excluding hydrogens is 345 g/mol. The van der Waals surface area contributed by atoms with Crippen LogP contribution in [0, 0.1) is 12.7 Å². The van der Waals surface area contributed by atoms with Crippen molar-refractivity contribution >= 4 is 22.1 Å². The number of aryl methyl sites for hydroxylation is 1. The van der Waals surface area contributed by atoms with Crippen molar-refractivity contribution in [2.45, 2.75) is 38.1 Å². The second-order valence-electron chi connectivity index (χ2n) is 7.31. The molecule has 5 rings (SSSR count). The van der Waals surface area contributed by atoms with Crippen LogP contribution in [0.1, 0.15) is 53.7 Å². The predicted octanol–water partition coefficient (Wildman–Crippen LogP) is 3.90. The number of fused-ring (bicyclic) bond motifs is 3. The fourth-order valence-corrected chi connectivity index (χ4v) is 3.81. The number of hydrogen-bond acceptors (Lipinski definition) is 6. The van der Waals surface area contributed by atoms with Crippen molar-refractivity contribution in [3.05, 3.63) is 59.1 Å². The Kier molecular flexibility index (Phi) is 3.48. The lowest BCUT2D eigenvalue weighted by molar-refractivity contribution is 0.608. The van der Waals surface area contributed by atoms with Gasteiger partial charge in [-0.1, -0.05) is 6.07 Å². The topological polar surface area (TPSA) is 90.7 Å². The van der Waals surface area contributed by atoms with E-state index >= 15 is 0 Å². The Bertz CT molecular complexity index is 1170. The smallest absolute Gasteiger partial charge is 0.160 e. The summed E-state index contributed by atoms with van der Waals surface area (Å²) in [6.07, 6.45) is 5.04. The van der Waals surface area contributed by atoms with Gasteiger partial charge in [-0.25, -0.2) is 14.4 Å². The monoisotopic (exact) mass is 363 g/mol. The van der Waals surface area contributed by atoms with Gasteiger partial charge in [0.2, 0.25) is 0 Å². The van der Waals surface area contributed by atoms with Gasteiger partial charge < -0.3 is 10.2 Å². The van der Waals surface area contributed by atoms with Gasteiger partial charge in [-0.05, 0) is 37.8 Å². The van der Waals surface area contributed by atoms with Gasteiger partial charge in [0.05, 0.1) is 18.6 Å². The summed E-state index contributed by atoms with van der Waals surface area (Å²) < 4.78 is 19.3. The normalized spacial score (nSPS) is 20.3. The van der Waals surface area contributed by atoms with Crippen LogP contribution in [0.4, 0.5) is 4.39 Å². The van der Waals surface area contributed by atoms with Crippen molar-refractivity contribution in [2.24, 2.45) is 5.73 Å². The number of benzene rings is 1. The van der Waals surface area contributed by atoms with Crippen LogP contribution in [0.3, 0.4) is 0 Å². The zero-order chi connectivity index (χ0) is 18.7. The van der Waals surface area contributed by atoms with Crippen LogP contribution in [0.5, 0.6) is 0 Å². The summed E-state index contributed by atoms with van der Waals surface area (Å²) in [5, 5.41) is 9.46. The van der Waals surface area contributed by atoms with Gasteiger partial charge in [-0.3, -0.25) is 0 Å². The minimum atomic E-state index is -0.431. The highest BCUT2D eigenvalue weighted by Crippen LogP contribution is 2.55. The van der Waals surface area contributed by atoms with Crippen molar-refractivity contribution < 1.29 is 8.81 Å². The van der Waals surface area contributed by atoms with Crippen LogP contribution in [-0.4, -0.2) is 20.2 Å². The van der Waals surface area contributed by atoms with Crippen molar-refractivity contribution in [3.8, 4) is 0 Å². The van der Waals surface area contributed by atoms with Crippen LogP contribution in [0.25, 0.3) is 22.1 Å². The molecule has 1 aliphatic carbocycles. The molecule has 3 heterocycles. The van der Waals surface area contributed by atoms with Crippen LogP contribution in [-0.2, 0) is 0 Å². The highest BCUT2D eigenvalue weighted by Gasteiger charge is 2.43. The molecule has 27 heavy (non-hydrogen) atoms. The molecule has 1 saturated carbocycles.